The second-order valence-corrected chi connectivity index (χ2v) is 11.6. The number of aryl methyl sites for hydroxylation is 1. The van der Waals surface area contributed by atoms with Gasteiger partial charge in [0, 0.05) is 0 Å². The highest BCUT2D eigenvalue weighted by Gasteiger charge is 2.44. The predicted octanol–water partition coefficient (Wildman–Crippen LogP) is 6.05. The normalized spacial score (nSPS) is 14.3. The van der Waals surface area contributed by atoms with E-state index >= 15 is 0 Å². The summed E-state index contributed by atoms with van der Waals surface area (Å²) in [4.78, 5) is -1.60. The lowest BCUT2D eigenvalue weighted by molar-refractivity contribution is 0.215. The molecule has 172 valence electrons. The third-order valence-electron chi connectivity index (χ3n) is 5.21. The van der Waals surface area contributed by atoms with Gasteiger partial charge < -0.3 is 9.05 Å². The van der Waals surface area contributed by atoms with E-state index in [9.17, 15) is 17.5 Å². The van der Waals surface area contributed by atoms with Crippen molar-refractivity contribution in [3.05, 3.63) is 71.8 Å². The Balaban J connectivity index is 2.16. The first kappa shape index (κ1) is 25.8. The zero-order valence-electron chi connectivity index (χ0n) is 18.2. The average Bonchev–Trinajstić information content (AvgIpc) is 2.73. The molecule has 2 aromatic rings. The molecule has 2 atom stereocenters. The standard InChI is InChI=1S/C23H33O6PS/c1-3-28-30(24,29-4-2)23(31(25,26)27)19-18-22(21-15-9-6-10-16-21)17-11-14-20-12-7-5-8-13-20/h5-10,12-13,15-16,22-23H,3-4,11,14,17-19H2,1-2H3,(H,25,26,27). The molecule has 8 heteroatoms. The van der Waals surface area contributed by atoms with Gasteiger partial charge in [0.15, 0.2) is 4.99 Å². The molecule has 2 aromatic carbocycles. The van der Waals surface area contributed by atoms with Gasteiger partial charge in [-0.15, -0.1) is 0 Å². The monoisotopic (exact) mass is 468 g/mol. The Bertz CT molecular complexity index is 908. The van der Waals surface area contributed by atoms with Crippen LogP contribution in [0.15, 0.2) is 60.7 Å². The van der Waals surface area contributed by atoms with Crippen molar-refractivity contribution in [1.29, 1.82) is 0 Å². The van der Waals surface area contributed by atoms with Crippen LogP contribution in [0.2, 0.25) is 0 Å². The van der Waals surface area contributed by atoms with Crippen LogP contribution in [0.3, 0.4) is 0 Å². The van der Waals surface area contributed by atoms with Crippen molar-refractivity contribution >= 4 is 17.7 Å². The molecule has 0 aromatic heterocycles. The minimum atomic E-state index is -4.62. The fraction of sp³-hybridized carbons (Fsp3) is 0.478. The van der Waals surface area contributed by atoms with Crippen molar-refractivity contribution in [3.8, 4) is 0 Å². The molecule has 0 spiro atoms. The van der Waals surface area contributed by atoms with Crippen molar-refractivity contribution in [2.24, 2.45) is 0 Å². The van der Waals surface area contributed by atoms with E-state index in [4.69, 9.17) is 9.05 Å². The molecule has 0 saturated heterocycles. The molecule has 2 unspecified atom stereocenters. The average molecular weight is 469 g/mol. The van der Waals surface area contributed by atoms with E-state index < -0.39 is 22.7 Å². The van der Waals surface area contributed by atoms with Gasteiger partial charge in [0.25, 0.3) is 10.1 Å². The van der Waals surface area contributed by atoms with Crippen molar-refractivity contribution in [3.63, 3.8) is 0 Å². The molecule has 0 amide bonds. The summed E-state index contributed by atoms with van der Waals surface area (Å²) in [6.07, 6.45) is 3.11. The van der Waals surface area contributed by atoms with E-state index in [1.165, 1.54) is 5.56 Å². The third-order valence-corrected chi connectivity index (χ3v) is 9.91. The lowest BCUT2D eigenvalue weighted by Gasteiger charge is -2.26. The first-order chi connectivity index (χ1) is 14.8. The molecule has 1 N–H and O–H groups in total. The second kappa shape index (κ2) is 12.5. The highest BCUT2D eigenvalue weighted by molar-refractivity contribution is 7.94. The number of benzene rings is 2. The molecule has 0 bridgehead atoms. The fourth-order valence-electron chi connectivity index (χ4n) is 3.78. The van der Waals surface area contributed by atoms with E-state index in [0.717, 1.165) is 24.8 Å². The lowest BCUT2D eigenvalue weighted by Crippen LogP contribution is -2.24. The van der Waals surface area contributed by atoms with Gasteiger partial charge in [0.1, 0.15) is 0 Å². The van der Waals surface area contributed by atoms with Gasteiger partial charge in [-0.2, -0.15) is 8.42 Å². The maximum atomic E-state index is 13.1. The molecule has 31 heavy (non-hydrogen) atoms. The molecule has 0 aliphatic rings. The van der Waals surface area contributed by atoms with Crippen LogP contribution in [0.5, 0.6) is 0 Å². The SMILES string of the molecule is CCOP(=O)(OCC)C(CCC(CCCc1ccccc1)c1ccccc1)S(=O)(=O)O. The zero-order chi connectivity index (χ0) is 22.7. The fourth-order valence-corrected chi connectivity index (χ4v) is 7.47. The van der Waals surface area contributed by atoms with Crippen molar-refractivity contribution < 1.29 is 26.6 Å². The van der Waals surface area contributed by atoms with Crippen LogP contribution in [0.25, 0.3) is 0 Å². The minimum absolute atomic E-state index is 0.0129. The Hall–Kier alpha value is -1.50. The van der Waals surface area contributed by atoms with E-state index in [0.29, 0.717) is 6.42 Å². The Morgan fingerprint density at radius 3 is 1.94 bits per heavy atom. The van der Waals surface area contributed by atoms with Crippen LogP contribution in [-0.2, 0) is 30.2 Å². The molecule has 0 aliphatic heterocycles. The Labute approximate surface area is 186 Å². The summed E-state index contributed by atoms with van der Waals surface area (Å²) in [5, 5.41) is 0. The van der Waals surface area contributed by atoms with Gasteiger partial charge in [-0.1, -0.05) is 60.7 Å². The van der Waals surface area contributed by atoms with Gasteiger partial charge in [0.2, 0.25) is 0 Å². The maximum absolute atomic E-state index is 13.1. The van der Waals surface area contributed by atoms with Crippen molar-refractivity contribution in [1.82, 2.24) is 0 Å². The molecular formula is C23H33O6PS. The summed E-state index contributed by atoms with van der Waals surface area (Å²) in [5.74, 6) is 0.0610. The minimum Gasteiger partial charge on any atom is -0.308 e. The maximum Gasteiger partial charge on any atom is 0.351 e. The largest absolute Gasteiger partial charge is 0.351 e. The molecule has 6 nitrogen and oxygen atoms in total. The van der Waals surface area contributed by atoms with Crippen LogP contribution in [-0.4, -0.2) is 31.2 Å². The Morgan fingerprint density at radius 1 is 0.871 bits per heavy atom. The van der Waals surface area contributed by atoms with Crippen molar-refractivity contribution in [2.45, 2.75) is 56.9 Å². The summed E-state index contributed by atoms with van der Waals surface area (Å²) >= 11 is 0. The summed E-state index contributed by atoms with van der Waals surface area (Å²) in [5.41, 5.74) is 2.34. The highest BCUT2D eigenvalue weighted by atomic mass is 32.2. The molecule has 0 aliphatic carbocycles. The summed E-state index contributed by atoms with van der Waals surface area (Å²) in [6, 6.07) is 20.1. The first-order valence-corrected chi connectivity index (χ1v) is 13.9. The van der Waals surface area contributed by atoms with Gasteiger partial charge in [-0.05, 0) is 63.0 Å². The Kier molecular flexibility index (Phi) is 10.4. The molecule has 0 heterocycles. The van der Waals surface area contributed by atoms with Crippen LogP contribution < -0.4 is 0 Å². The van der Waals surface area contributed by atoms with Gasteiger partial charge in [-0.3, -0.25) is 9.12 Å². The smallest absolute Gasteiger partial charge is 0.308 e. The molecular weight excluding hydrogens is 435 g/mol. The molecule has 0 radical (unpaired) electrons. The van der Waals surface area contributed by atoms with E-state index in [1.807, 2.05) is 48.5 Å². The molecule has 0 saturated carbocycles. The number of hydrogen-bond donors (Lipinski definition) is 1. The predicted molar refractivity (Wildman–Crippen MR) is 124 cm³/mol. The quantitative estimate of drug-likeness (QED) is 0.268. The third kappa shape index (κ3) is 8.17. The summed E-state index contributed by atoms with van der Waals surface area (Å²) in [6.45, 7) is 3.29. The number of rotatable bonds is 14. The Morgan fingerprint density at radius 2 is 1.42 bits per heavy atom. The van der Waals surface area contributed by atoms with Gasteiger partial charge in [-0.25, -0.2) is 0 Å². The van der Waals surface area contributed by atoms with E-state index in [2.05, 4.69) is 12.1 Å². The van der Waals surface area contributed by atoms with Crippen LogP contribution >= 0.6 is 7.60 Å². The summed E-state index contributed by atoms with van der Waals surface area (Å²) in [7, 11) is -8.63. The second-order valence-electron chi connectivity index (χ2n) is 7.41. The molecule has 0 fully saturated rings. The van der Waals surface area contributed by atoms with Gasteiger partial charge >= 0.3 is 7.60 Å². The van der Waals surface area contributed by atoms with Crippen LogP contribution in [0.4, 0.5) is 0 Å². The topological polar surface area (TPSA) is 89.9 Å². The molecule has 2 rings (SSSR count). The van der Waals surface area contributed by atoms with E-state index in [-0.39, 0.29) is 25.6 Å². The first-order valence-electron chi connectivity index (χ1n) is 10.7. The van der Waals surface area contributed by atoms with Crippen LogP contribution in [0, 0.1) is 0 Å². The summed E-state index contributed by atoms with van der Waals surface area (Å²) < 4.78 is 57.6. The van der Waals surface area contributed by atoms with Crippen molar-refractivity contribution in [2.75, 3.05) is 13.2 Å². The zero-order valence-corrected chi connectivity index (χ0v) is 19.9. The van der Waals surface area contributed by atoms with Crippen LogP contribution in [0.1, 0.15) is 56.6 Å². The van der Waals surface area contributed by atoms with Gasteiger partial charge in [0.05, 0.1) is 13.2 Å². The lowest BCUT2D eigenvalue weighted by atomic mass is 9.89. The highest BCUT2D eigenvalue weighted by Crippen LogP contribution is 2.56. The number of hydrogen-bond acceptors (Lipinski definition) is 5. The van der Waals surface area contributed by atoms with E-state index in [1.54, 1.807) is 13.8 Å².